The first-order valence-electron chi connectivity index (χ1n) is 6.81. The Morgan fingerprint density at radius 1 is 1.23 bits per heavy atom. The normalized spacial score (nSPS) is 11.7. The standard InChI is InChI=1S/C16H20BrNO4/c1-16(2,3)22-15(20)18-10-9-13(17)11-21-14(19)12-7-5-4-6-8-12/h4-9H,10-11H2,1-3H3,(H,18,20)/b13-9+. The molecule has 1 aromatic carbocycles. The summed E-state index contributed by atoms with van der Waals surface area (Å²) in [6.07, 6.45) is 1.20. The van der Waals surface area contributed by atoms with Crippen molar-refractivity contribution < 1.29 is 19.1 Å². The van der Waals surface area contributed by atoms with Gasteiger partial charge in [-0.3, -0.25) is 0 Å². The van der Waals surface area contributed by atoms with Gasteiger partial charge >= 0.3 is 12.1 Å². The summed E-state index contributed by atoms with van der Waals surface area (Å²) in [5, 5.41) is 2.58. The molecule has 120 valence electrons. The van der Waals surface area contributed by atoms with Gasteiger partial charge in [0.05, 0.1) is 5.56 Å². The minimum atomic E-state index is -0.532. The highest BCUT2D eigenvalue weighted by Gasteiger charge is 2.15. The predicted octanol–water partition coefficient (Wildman–Crippen LogP) is 3.65. The molecule has 0 aliphatic rings. The van der Waals surface area contributed by atoms with Crippen LogP contribution < -0.4 is 5.32 Å². The Morgan fingerprint density at radius 2 is 1.86 bits per heavy atom. The van der Waals surface area contributed by atoms with Crippen LogP contribution in [-0.2, 0) is 9.47 Å². The van der Waals surface area contributed by atoms with Gasteiger partial charge in [-0.2, -0.15) is 0 Å². The van der Waals surface area contributed by atoms with Crippen molar-refractivity contribution in [3.05, 3.63) is 46.5 Å². The maximum Gasteiger partial charge on any atom is 0.407 e. The van der Waals surface area contributed by atoms with Gasteiger partial charge in [0.2, 0.25) is 0 Å². The maximum atomic E-state index is 11.7. The molecule has 0 atom stereocenters. The third-order valence-electron chi connectivity index (χ3n) is 2.32. The lowest BCUT2D eigenvalue weighted by molar-refractivity contribution is 0.0524. The molecule has 1 N–H and O–H groups in total. The lowest BCUT2D eigenvalue weighted by Gasteiger charge is -2.19. The highest BCUT2D eigenvalue weighted by Crippen LogP contribution is 2.09. The van der Waals surface area contributed by atoms with Gasteiger partial charge in [-0.05, 0) is 32.9 Å². The summed E-state index contributed by atoms with van der Waals surface area (Å²) in [6.45, 7) is 5.76. The van der Waals surface area contributed by atoms with Crippen LogP contribution in [-0.4, -0.2) is 30.8 Å². The van der Waals surface area contributed by atoms with E-state index in [0.29, 0.717) is 10.0 Å². The van der Waals surface area contributed by atoms with Crippen LogP contribution >= 0.6 is 15.9 Å². The molecule has 0 radical (unpaired) electrons. The topological polar surface area (TPSA) is 64.6 Å². The summed E-state index contributed by atoms with van der Waals surface area (Å²) in [5.74, 6) is -0.397. The molecule has 1 aromatic rings. The van der Waals surface area contributed by atoms with Gasteiger partial charge in [-0.25, -0.2) is 9.59 Å². The predicted molar refractivity (Wildman–Crippen MR) is 88.0 cm³/mol. The van der Waals surface area contributed by atoms with E-state index >= 15 is 0 Å². The zero-order valence-corrected chi connectivity index (χ0v) is 14.5. The number of carbonyl (C=O) groups is 2. The number of carbonyl (C=O) groups excluding carboxylic acids is 2. The number of benzene rings is 1. The van der Waals surface area contributed by atoms with Crippen molar-refractivity contribution in [1.29, 1.82) is 0 Å². The number of amides is 1. The Morgan fingerprint density at radius 3 is 2.45 bits per heavy atom. The molecule has 1 rings (SSSR count). The zero-order valence-electron chi connectivity index (χ0n) is 12.9. The number of hydrogen-bond donors (Lipinski definition) is 1. The van der Waals surface area contributed by atoms with E-state index in [1.807, 2.05) is 6.07 Å². The molecule has 0 saturated carbocycles. The second-order valence-electron chi connectivity index (χ2n) is 5.48. The first-order valence-corrected chi connectivity index (χ1v) is 7.61. The van der Waals surface area contributed by atoms with Gasteiger partial charge in [0.25, 0.3) is 0 Å². The van der Waals surface area contributed by atoms with Gasteiger partial charge in [0.1, 0.15) is 12.2 Å². The molecule has 1 amide bonds. The van der Waals surface area contributed by atoms with E-state index < -0.39 is 17.7 Å². The number of hydrogen-bond acceptors (Lipinski definition) is 4. The van der Waals surface area contributed by atoms with E-state index in [2.05, 4.69) is 21.2 Å². The van der Waals surface area contributed by atoms with Gasteiger partial charge in [-0.1, -0.05) is 40.2 Å². The fourth-order valence-corrected chi connectivity index (χ4v) is 1.69. The number of esters is 1. The maximum absolute atomic E-state index is 11.7. The van der Waals surface area contributed by atoms with Crippen molar-refractivity contribution in [3.8, 4) is 0 Å². The smallest absolute Gasteiger partial charge is 0.407 e. The van der Waals surface area contributed by atoms with Crippen LogP contribution in [0.2, 0.25) is 0 Å². The lowest BCUT2D eigenvalue weighted by Crippen LogP contribution is -2.32. The number of rotatable bonds is 5. The highest BCUT2D eigenvalue weighted by atomic mass is 79.9. The molecule has 6 heteroatoms. The third-order valence-corrected chi connectivity index (χ3v) is 2.87. The number of alkyl carbamates (subject to hydrolysis) is 1. The molecule has 0 aliphatic carbocycles. The van der Waals surface area contributed by atoms with Gasteiger partial charge in [-0.15, -0.1) is 0 Å². The van der Waals surface area contributed by atoms with Crippen LogP contribution in [0.4, 0.5) is 4.79 Å². The van der Waals surface area contributed by atoms with Crippen molar-refractivity contribution in [3.63, 3.8) is 0 Å². The number of nitrogens with one attached hydrogen (secondary N) is 1. The fraction of sp³-hybridized carbons (Fsp3) is 0.375. The third kappa shape index (κ3) is 7.83. The Balaban J connectivity index is 2.32. The molecule has 0 aliphatic heterocycles. The minimum Gasteiger partial charge on any atom is -0.457 e. The largest absolute Gasteiger partial charge is 0.457 e. The van der Waals surface area contributed by atoms with E-state index in [0.717, 1.165) is 0 Å². The number of ether oxygens (including phenoxy) is 2. The average molecular weight is 370 g/mol. The summed E-state index contributed by atoms with van der Waals surface area (Å²) < 4.78 is 10.9. The molecule has 0 unspecified atom stereocenters. The van der Waals surface area contributed by atoms with Crippen LogP contribution in [0.25, 0.3) is 0 Å². The summed E-state index contributed by atoms with van der Waals surface area (Å²) in [6, 6.07) is 8.74. The molecule has 0 heterocycles. The minimum absolute atomic E-state index is 0.101. The fourth-order valence-electron chi connectivity index (χ4n) is 1.41. The van der Waals surface area contributed by atoms with E-state index in [-0.39, 0.29) is 13.2 Å². The molecule has 5 nitrogen and oxygen atoms in total. The quantitative estimate of drug-likeness (QED) is 0.804. The number of halogens is 1. The van der Waals surface area contributed by atoms with Crippen LogP contribution in [0.3, 0.4) is 0 Å². The summed E-state index contributed by atoms with van der Waals surface area (Å²) in [4.78, 5) is 23.2. The zero-order chi connectivity index (χ0) is 16.6. The van der Waals surface area contributed by atoms with Crippen LogP contribution in [0.1, 0.15) is 31.1 Å². The van der Waals surface area contributed by atoms with Gasteiger partial charge in [0, 0.05) is 11.0 Å². The van der Waals surface area contributed by atoms with E-state index in [9.17, 15) is 9.59 Å². The molecule has 0 fully saturated rings. The molecule has 0 aromatic heterocycles. The Bertz CT molecular complexity index is 535. The second-order valence-corrected chi connectivity index (χ2v) is 6.49. The molecule has 0 saturated heterocycles. The van der Waals surface area contributed by atoms with Crippen LogP contribution in [0, 0.1) is 0 Å². The Labute approximate surface area is 138 Å². The molecule has 22 heavy (non-hydrogen) atoms. The summed E-state index contributed by atoms with van der Waals surface area (Å²) >= 11 is 3.28. The van der Waals surface area contributed by atoms with Crippen LogP contribution in [0.5, 0.6) is 0 Å². The Kier molecular flexibility index (Phi) is 7.11. The van der Waals surface area contributed by atoms with Crippen LogP contribution in [0.15, 0.2) is 40.9 Å². The molecular formula is C16H20BrNO4. The van der Waals surface area contributed by atoms with E-state index in [1.54, 1.807) is 51.1 Å². The Hall–Kier alpha value is -1.82. The molecule has 0 spiro atoms. The monoisotopic (exact) mass is 369 g/mol. The first-order chi connectivity index (χ1) is 10.3. The second kappa shape index (κ2) is 8.58. The summed E-state index contributed by atoms with van der Waals surface area (Å²) in [7, 11) is 0. The van der Waals surface area contributed by atoms with Gasteiger partial charge in [0.15, 0.2) is 0 Å². The van der Waals surface area contributed by atoms with Crippen molar-refractivity contribution in [2.24, 2.45) is 0 Å². The van der Waals surface area contributed by atoms with Crippen molar-refractivity contribution in [2.45, 2.75) is 26.4 Å². The average Bonchev–Trinajstić information content (AvgIpc) is 2.43. The lowest BCUT2D eigenvalue weighted by atomic mass is 10.2. The van der Waals surface area contributed by atoms with Crippen molar-refractivity contribution in [2.75, 3.05) is 13.2 Å². The molecular weight excluding hydrogens is 350 g/mol. The van der Waals surface area contributed by atoms with Gasteiger partial charge < -0.3 is 14.8 Å². The van der Waals surface area contributed by atoms with Crippen molar-refractivity contribution in [1.82, 2.24) is 5.32 Å². The van der Waals surface area contributed by atoms with E-state index in [4.69, 9.17) is 9.47 Å². The SMILES string of the molecule is CC(C)(C)OC(=O)NC/C=C(/Br)COC(=O)c1ccccc1. The van der Waals surface area contributed by atoms with Crippen molar-refractivity contribution >= 4 is 28.0 Å². The van der Waals surface area contributed by atoms with E-state index in [1.165, 1.54) is 0 Å². The molecule has 0 bridgehead atoms. The first kappa shape index (κ1) is 18.2. The summed E-state index contributed by atoms with van der Waals surface area (Å²) in [5.41, 5.74) is -0.0364. The highest BCUT2D eigenvalue weighted by molar-refractivity contribution is 9.11.